The molecule has 0 saturated carbocycles. The van der Waals surface area contributed by atoms with Gasteiger partial charge < -0.3 is 5.32 Å². The molecule has 0 aromatic heterocycles. The number of nitrogens with one attached hydrogen (secondary N) is 2. The number of halogens is 1. The topological polar surface area (TPSA) is 75.3 Å². The van der Waals surface area contributed by atoms with E-state index in [1.165, 1.54) is 0 Å². The third kappa shape index (κ3) is 6.04. The van der Waals surface area contributed by atoms with Crippen molar-refractivity contribution in [2.24, 2.45) is 0 Å². The van der Waals surface area contributed by atoms with E-state index in [1.54, 1.807) is 30.3 Å². The van der Waals surface area contributed by atoms with Crippen LogP contribution in [0.2, 0.25) is 5.02 Å². The molecule has 0 bridgehead atoms. The zero-order chi connectivity index (χ0) is 19.2. The minimum atomic E-state index is -3.48. The minimum Gasteiger partial charge on any atom is -0.348 e. The first-order chi connectivity index (χ1) is 12.3. The second kappa shape index (κ2) is 9.05. The minimum absolute atomic E-state index is 0.0310. The highest BCUT2D eigenvalue weighted by molar-refractivity contribution is 7.92. The molecule has 2 aromatic carbocycles. The number of carbonyl (C=O) groups is 1. The Balaban J connectivity index is 2.15. The van der Waals surface area contributed by atoms with Crippen molar-refractivity contribution in [1.29, 1.82) is 0 Å². The van der Waals surface area contributed by atoms with Crippen molar-refractivity contribution in [2.45, 2.75) is 33.2 Å². The third-order valence-electron chi connectivity index (χ3n) is 3.82. The summed E-state index contributed by atoms with van der Waals surface area (Å²) in [6, 6.07) is 12.2. The fourth-order valence-electron chi connectivity index (χ4n) is 2.37. The van der Waals surface area contributed by atoms with Crippen LogP contribution < -0.4 is 10.0 Å². The van der Waals surface area contributed by atoms with Gasteiger partial charge in [-0.05, 0) is 43.2 Å². The van der Waals surface area contributed by atoms with Crippen molar-refractivity contribution in [3.63, 3.8) is 0 Å². The number of hydrogen-bond donors (Lipinski definition) is 2. The lowest BCUT2D eigenvalue weighted by molar-refractivity contribution is 0.0951. The van der Waals surface area contributed by atoms with Gasteiger partial charge in [0.2, 0.25) is 10.0 Å². The molecular formula is C19H23ClN2O3S. The summed E-state index contributed by atoms with van der Waals surface area (Å²) in [5, 5.41) is 3.44. The van der Waals surface area contributed by atoms with Crippen LogP contribution in [0.25, 0.3) is 0 Å². The van der Waals surface area contributed by atoms with Gasteiger partial charge in [0.25, 0.3) is 5.91 Å². The molecule has 2 N–H and O–H groups in total. The predicted molar refractivity (Wildman–Crippen MR) is 106 cm³/mol. The van der Waals surface area contributed by atoms with Gasteiger partial charge in [0.15, 0.2) is 0 Å². The van der Waals surface area contributed by atoms with E-state index < -0.39 is 10.0 Å². The van der Waals surface area contributed by atoms with E-state index in [0.717, 1.165) is 17.5 Å². The Bertz CT molecular complexity index is 865. The first-order valence-corrected chi connectivity index (χ1v) is 10.5. The number of benzene rings is 2. The lowest BCUT2D eigenvalue weighted by Crippen LogP contribution is -2.25. The number of anilines is 1. The highest BCUT2D eigenvalue weighted by Crippen LogP contribution is 2.20. The second-order valence-electron chi connectivity index (χ2n) is 6.13. The zero-order valence-corrected chi connectivity index (χ0v) is 16.5. The molecule has 0 heterocycles. The molecule has 0 radical (unpaired) electrons. The van der Waals surface area contributed by atoms with Crippen molar-refractivity contribution in [2.75, 3.05) is 10.5 Å². The van der Waals surface area contributed by atoms with Crippen LogP contribution in [-0.4, -0.2) is 20.1 Å². The SMILES string of the molecule is CCCCS(=O)(=O)Nc1ccc(C)cc1C(=O)NCc1ccc(Cl)cc1. The van der Waals surface area contributed by atoms with Crippen molar-refractivity contribution < 1.29 is 13.2 Å². The molecule has 2 aromatic rings. The predicted octanol–water partition coefficient (Wildman–Crippen LogP) is 4.12. The van der Waals surface area contributed by atoms with E-state index in [2.05, 4.69) is 10.0 Å². The van der Waals surface area contributed by atoms with Gasteiger partial charge >= 0.3 is 0 Å². The Morgan fingerprint density at radius 1 is 1.12 bits per heavy atom. The molecule has 26 heavy (non-hydrogen) atoms. The quantitative estimate of drug-likeness (QED) is 0.707. The summed E-state index contributed by atoms with van der Waals surface area (Å²) < 4.78 is 26.9. The van der Waals surface area contributed by atoms with Crippen LogP contribution >= 0.6 is 11.6 Å². The Morgan fingerprint density at radius 2 is 1.81 bits per heavy atom. The van der Waals surface area contributed by atoms with Crippen molar-refractivity contribution in [3.05, 3.63) is 64.2 Å². The first kappa shape index (κ1) is 20.3. The van der Waals surface area contributed by atoms with Gasteiger partial charge in [0.05, 0.1) is 17.0 Å². The van der Waals surface area contributed by atoms with Crippen LogP contribution in [-0.2, 0) is 16.6 Å². The number of aryl methyl sites for hydroxylation is 1. The summed E-state index contributed by atoms with van der Waals surface area (Å²) in [5.74, 6) is -0.305. The molecule has 0 fully saturated rings. The average molecular weight is 395 g/mol. The number of amides is 1. The largest absolute Gasteiger partial charge is 0.348 e. The Morgan fingerprint density at radius 3 is 2.46 bits per heavy atom. The summed E-state index contributed by atoms with van der Waals surface area (Å²) in [6.45, 7) is 4.11. The molecular weight excluding hydrogens is 372 g/mol. The van der Waals surface area contributed by atoms with Crippen molar-refractivity contribution >= 4 is 33.2 Å². The average Bonchev–Trinajstić information content (AvgIpc) is 2.60. The highest BCUT2D eigenvalue weighted by Gasteiger charge is 2.17. The Labute approximate surface area is 159 Å². The molecule has 2 rings (SSSR count). The smallest absolute Gasteiger partial charge is 0.253 e. The summed E-state index contributed by atoms with van der Waals surface area (Å²) in [5.41, 5.74) is 2.37. The molecule has 0 aliphatic rings. The van der Waals surface area contributed by atoms with Crippen LogP contribution in [0.4, 0.5) is 5.69 Å². The first-order valence-electron chi connectivity index (χ1n) is 8.44. The fraction of sp³-hybridized carbons (Fsp3) is 0.316. The summed E-state index contributed by atoms with van der Waals surface area (Å²) >= 11 is 5.85. The molecule has 7 heteroatoms. The number of hydrogen-bond acceptors (Lipinski definition) is 3. The van der Waals surface area contributed by atoms with Crippen molar-refractivity contribution in [3.8, 4) is 0 Å². The van der Waals surface area contributed by atoms with Gasteiger partial charge in [-0.2, -0.15) is 0 Å². The molecule has 0 saturated heterocycles. The van der Waals surface area contributed by atoms with E-state index in [0.29, 0.717) is 29.2 Å². The second-order valence-corrected chi connectivity index (χ2v) is 8.41. The van der Waals surface area contributed by atoms with Gasteiger partial charge in [-0.25, -0.2) is 8.42 Å². The molecule has 0 spiro atoms. The lowest BCUT2D eigenvalue weighted by Gasteiger charge is -2.13. The summed E-state index contributed by atoms with van der Waals surface area (Å²) in [4.78, 5) is 12.6. The maximum atomic E-state index is 12.6. The van der Waals surface area contributed by atoms with E-state index in [1.807, 2.05) is 26.0 Å². The normalized spacial score (nSPS) is 11.2. The van der Waals surface area contributed by atoms with Crippen LogP contribution in [0.5, 0.6) is 0 Å². The third-order valence-corrected chi connectivity index (χ3v) is 5.43. The zero-order valence-electron chi connectivity index (χ0n) is 14.9. The number of sulfonamides is 1. The maximum absolute atomic E-state index is 12.6. The van der Waals surface area contributed by atoms with E-state index in [4.69, 9.17) is 11.6 Å². The molecule has 0 aliphatic heterocycles. The Kier molecular flexibility index (Phi) is 7.06. The van der Waals surface area contributed by atoms with Gasteiger partial charge in [-0.1, -0.05) is 48.7 Å². The van der Waals surface area contributed by atoms with Gasteiger partial charge in [-0.3, -0.25) is 9.52 Å². The number of rotatable bonds is 8. The van der Waals surface area contributed by atoms with Gasteiger partial charge in [-0.15, -0.1) is 0 Å². The molecule has 0 aliphatic carbocycles. The van der Waals surface area contributed by atoms with E-state index in [-0.39, 0.29) is 11.7 Å². The maximum Gasteiger partial charge on any atom is 0.253 e. The van der Waals surface area contributed by atoms with Crippen molar-refractivity contribution in [1.82, 2.24) is 5.32 Å². The molecule has 0 unspecified atom stereocenters. The fourth-order valence-corrected chi connectivity index (χ4v) is 3.78. The summed E-state index contributed by atoms with van der Waals surface area (Å²) in [6.07, 6.45) is 1.35. The monoisotopic (exact) mass is 394 g/mol. The van der Waals surface area contributed by atoms with Gasteiger partial charge in [0.1, 0.15) is 0 Å². The molecule has 140 valence electrons. The standard InChI is InChI=1S/C19H23ClN2O3S/c1-3-4-11-26(24,25)22-18-10-5-14(2)12-17(18)19(23)21-13-15-6-8-16(20)9-7-15/h5-10,12,22H,3-4,11,13H2,1-2H3,(H,21,23). The van der Waals surface area contributed by atoms with Gasteiger partial charge in [0, 0.05) is 11.6 Å². The van der Waals surface area contributed by atoms with Crippen LogP contribution in [0.1, 0.15) is 41.3 Å². The molecule has 0 atom stereocenters. The van der Waals surface area contributed by atoms with E-state index >= 15 is 0 Å². The highest BCUT2D eigenvalue weighted by atomic mass is 35.5. The lowest BCUT2D eigenvalue weighted by atomic mass is 10.1. The van der Waals surface area contributed by atoms with Crippen LogP contribution in [0.3, 0.4) is 0 Å². The van der Waals surface area contributed by atoms with Crippen LogP contribution in [0, 0.1) is 6.92 Å². The number of unbranched alkanes of at least 4 members (excludes halogenated alkanes) is 1. The summed E-state index contributed by atoms with van der Waals surface area (Å²) in [7, 11) is -3.48. The Hall–Kier alpha value is -2.05. The molecule has 5 nitrogen and oxygen atoms in total. The van der Waals surface area contributed by atoms with E-state index in [9.17, 15) is 13.2 Å². The molecule has 1 amide bonds. The van der Waals surface area contributed by atoms with Crippen LogP contribution in [0.15, 0.2) is 42.5 Å². The number of carbonyl (C=O) groups excluding carboxylic acids is 1.